The van der Waals surface area contributed by atoms with Gasteiger partial charge in [-0.05, 0) is 25.0 Å². The smallest absolute Gasteiger partial charge is 0.0807 e. The molecular formula is C18H31NO. The predicted molar refractivity (Wildman–Crippen MR) is 85.8 cm³/mol. The van der Waals surface area contributed by atoms with Crippen LogP contribution in [0, 0.1) is 6.92 Å². The van der Waals surface area contributed by atoms with Crippen molar-refractivity contribution in [3.63, 3.8) is 0 Å². The maximum atomic E-state index is 10.2. The Kier molecular flexibility index (Phi) is 9.31. The highest BCUT2D eigenvalue weighted by Crippen LogP contribution is 2.22. The van der Waals surface area contributed by atoms with Crippen LogP contribution < -0.4 is 0 Å². The molecule has 1 aromatic rings. The minimum Gasteiger partial charge on any atom is -0.388 e. The highest BCUT2D eigenvalue weighted by Gasteiger charge is 2.09. The number of hydrogen-bond acceptors (Lipinski definition) is 2. The summed E-state index contributed by atoms with van der Waals surface area (Å²) in [5.74, 6) is 0. The van der Waals surface area contributed by atoms with E-state index in [-0.39, 0.29) is 6.10 Å². The molecule has 0 amide bonds. The fourth-order valence-corrected chi connectivity index (χ4v) is 2.63. The molecule has 114 valence electrons. The molecule has 2 heteroatoms. The van der Waals surface area contributed by atoms with Crippen molar-refractivity contribution in [3.05, 3.63) is 29.6 Å². The maximum Gasteiger partial charge on any atom is 0.0807 e. The summed E-state index contributed by atoms with van der Waals surface area (Å²) in [4.78, 5) is 4.10. The Morgan fingerprint density at radius 1 is 1.00 bits per heavy atom. The summed E-state index contributed by atoms with van der Waals surface area (Å²) in [6.45, 7) is 4.30. The average Bonchev–Trinajstić information content (AvgIpc) is 2.46. The van der Waals surface area contributed by atoms with Crippen LogP contribution in [0.1, 0.15) is 88.4 Å². The van der Waals surface area contributed by atoms with E-state index in [0.29, 0.717) is 0 Å². The van der Waals surface area contributed by atoms with Crippen LogP contribution in [-0.4, -0.2) is 10.1 Å². The first-order valence-corrected chi connectivity index (χ1v) is 8.34. The van der Waals surface area contributed by atoms with E-state index in [9.17, 15) is 5.11 Å². The van der Waals surface area contributed by atoms with E-state index in [4.69, 9.17) is 0 Å². The first-order chi connectivity index (χ1) is 9.75. The van der Waals surface area contributed by atoms with Crippen LogP contribution in [0.15, 0.2) is 18.5 Å². The van der Waals surface area contributed by atoms with Crippen molar-refractivity contribution in [2.24, 2.45) is 0 Å². The van der Waals surface area contributed by atoms with Crippen LogP contribution in [0.25, 0.3) is 0 Å². The number of aliphatic hydroxyl groups excluding tert-OH is 1. The van der Waals surface area contributed by atoms with Crippen LogP contribution in [0.2, 0.25) is 0 Å². The average molecular weight is 277 g/mol. The quantitative estimate of drug-likeness (QED) is 0.553. The van der Waals surface area contributed by atoms with E-state index in [0.717, 1.165) is 24.0 Å². The van der Waals surface area contributed by atoms with Crippen LogP contribution in [-0.2, 0) is 0 Å². The van der Waals surface area contributed by atoms with Crippen LogP contribution in [0.5, 0.6) is 0 Å². The largest absolute Gasteiger partial charge is 0.388 e. The minimum absolute atomic E-state index is 0.340. The third kappa shape index (κ3) is 7.04. The number of pyridine rings is 1. The molecule has 1 rings (SSSR count). The molecular weight excluding hydrogens is 246 g/mol. The van der Waals surface area contributed by atoms with Gasteiger partial charge in [-0.3, -0.25) is 4.98 Å². The Bertz CT molecular complexity index is 351. The lowest BCUT2D eigenvalue weighted by Crippen LogP contribution is -2.00. The van der Waals surface area contributed by atoms with E-state index in [1.165, 1.54) is 51.4 Å². The molecule has 0 radical (unpaired) electrons. The van der Waals surface area contributed by atoms with Gasteiger partial charge in [0.05, 0.1) is 6.10 Å². The molecule has 1 N–H and O–H groups in total. The lowest BCUT2D eigenvalue weighted by molar-refractivity contribution is 0.162. The van der Waals surface area contributed by atoms with Gasteiger partial charge < -0.3 is 5.11 Å². The SMILES string of the molecule is CCCCCCCCCCCC(O)c1cnccc1C. The molecule has 0 fully saturated rings. The van der Waals surface area contributed by atoms with E-state index < -0.39 is 0 Å². The van der Waals surface area contributed by atoms with Gasteiger partial charge in [0, 0.05) is 18.0 Å². The standard InChI is InChI=1S/C18H31NO/c1-3-4-5-6-7-8-9-10-11-12-18(20)17-15-19-14-13-16(17)2/h13-15,18,20H,3-12H2,1-2H3. The van der Waals surface area contributed by atoms with Gasteiger partial charge >= 0.3 is 0 Å². The van der Waals surface area contributed by atoms with Crippen molar-refractivity contribution in [2.75, 3.05) is 0 Å². The minimum atomic E-state index is -0.340. The van der Waals surface area contributed by atoms with Crippen molar-refractivity contribution >= 4 is 0 Å². The third-order valence-electron chi connectivity index (χ3n) is 4.02. The molecule has 0 aliphatic carbocycles. The van der Waals surface area contributed by atoms with Crippen molar-refractivity contribution in [2.45, 2.75) is 84.2 Å². The zero-order chi connectivity index (χ0) is 14.6. The van der Waals surface area contributed by atoms with E-state index in [2.05, 4.69) is 11.9 Å². The molecule has 1 heterocycles. The fraction of sp³-hybridized carbons (Fsp3) is 0.722. The Morgan fingerprint density at radius 3 is 2.20 bits per heavy atom. The summed E-state index contributed by atoms with van der Waals surface area (Å²) in [7, 11) is 0. The molecule has 1 atom stereocenters. The number of aryl methyl sites for hydroxylation is 1. The molecule has 20 heavy (non-hydrogen) atoms. The molecule has 0 aliphatic heterocycles. The number of hydrogen-bond donors (Lipinski definition) is 1. The summed E-state index contributed by atoms with van der Waals surface area (Å²) in [6.07, 6.45) is 16.0. The molecule has 1 aromatic heterocycles. The number of rotatable bonds is 11. The monoisotopic (exact) mass is 277 g/mol. The van der Waals surface area contributed by atoms with Gasteiger partial charge in [-0.15, -0.1) is 0 Å². The number of nitrogens with zero attached hydrogens (tertiary/aromatic N) is 1. The van der Waals surface area contributed by atoms with E-state index in [1.807, 2.05) is 13.0 Å². The van der Waals surface area contributed by atoms with Crippen LogP contribution in [0.4, 0.5) is 0 Å². The van der Waals surface area contributed by atoms with Crippen LogP contribution >= 0.6 is 0 Å². The Balaban J connectivity index is 2.03. The summed E-state index contributed by atoms with van der Waals surface area (Å²) in [5, 5.41) is 10.2. The van der Waals surface area contributed by atoms with Crippen LogP contribution in [0.3, 0.4) is 0 Å². The zero-order valence-electron chi connectivity index (χ0n) is 13.3. The summed E-state index contributed by atoms with van der Waals surface area (Å²) >= 11 is 0. The molecule has 0 saturated carbocycles. The number of unbranched alkanes of at least 4 members (excludes halogenated alkanes) is 8. The van der Waals surface area contributed by atoms with Crippen molar-refractivity contribution in [3.8, 4) is 0 Å². The molecule has 0 spiro atoms. The molecule has 1 unspecified atom stereocenters. The van der Waals surface area contributed by atoms with E-state index in [1.54, 1.807) is 12.4 Å². The number of aromatic nitrogens is 1. The Hall–Kier alpha value is -0.890. The lowest BCUT2D eigenvalue weighted by Gasteiger charge is -2.12. The van der Waals surface area contributed by atoms with E-state index >= 15 is 0 Å². The second-order valence-corrected chi connectivity index (χ2v) is 5.87. The lowest BCUT2D eigenvalue weighted by atomic mass is 10.00. The van der Waals surface area contributed by atoms with Crippen molar-refractivity contribution < 1.29 is 5.11 Å². The van der Waals surface area contributed by atoms with Gasteiger partial charge in [0.15, 0.2) is 0 Å². The summed E-state index contributed by atoms with van der Waals surface area (Å²) in [5.41, 5.74) is 2.13. The third-order valence-corrected chi connectivity index (χ3v) is 4.02. The van der Waals surface area contributed by atoms with Gasteiger partial charge in [0.25, 0.3) is 0 Å². The Morgan fingerprint density at radius 2 is 1.60 bits per heavy atom. The van der Waals surface area contributed by atoms with Crippen molar-refractivity contribution in [1.82, 2.24) is 4.98 Å². The highest BCUT2D eigenvalue weighted by atomic mass is 16.3. The van der Waals surface area contributed by atoms with Crippen molar-refractivity contribution in [1.29, 1.82) is 0 Å². The maximum absolute atomic E-state index is 10.2. The first-order valence-electron chi connectivity index (χ1n) is 8.34. The van der Waals surface area contributed by atoms with Gasteiger partial charge in [-0.1, -0.05) is 64.7 Å². The highest BCUT2D eigenvalue weighted by molar-refractivity contribution is 5.23. The second-order valence-electron chi connectivity index (χ2n) is 5.87. The molecule has 0 aliphatic rings. The topological polar surface area (TPSA) is 33.1 Å². The molecule has 2 nitrogen and oxygen atoms in total. The zero-order valence-corrected chi connectivity index (χ0v) is 13.3. The molecule has 0 bridgehead atoms. The first kappa shape index (κ1) is 17.2. The normalized spacial score (nSPS) is 12.6. The van der Waals surface area contributed by atoms with Gasteiger partial charge in [0.2, 0.25) is 0 Å². The van der Waals surface area contributed by atoms with Gasteiger partial charge in [-0.25, -0.2) is 0 Å². The summed E-state index contributed by atoms with van der Waals surface area (Å²) in [6, 6.07) is 1.97. The predicted octanol–water partition coefficient (Wildman–Crippen LogP) is 5.34. The van der Waals surface area contributed by atoms with Gasteiger partial charge in [-0.2, -0.15) is 0 Å². The fourth-order valence-electron chi connectivity index (χ4n) is 2.63. The Labute approximate surface area is 124 Å². The van der Waals surface area contributed by atoms with Gasteiger partial charge in [0.1, 0.15) is 0 Å². The molecule has 0 aromatic carbocycles. The summed E-state index contributed by atoms with van der Waals surface area (Å²) < 4.78 is 0. The molecule has 0 saturated heterocycles. The second kappa shape index (κ2) is 10.8. The number of aliphatic hydroxyl groups is 1.